The van der Waals surface area contributed by atoms with Crippen LogP contribution in [0.15, 0.2) is 36.4 Å². The maximum Gasteiger partial charge on any atom is 0.222 e. The molecule has 0 saturated carbocycles. The first-order valence-corrected chi connectivity index (χ1v) is 7.87. The van der Waals surface area contributed by atoms with Crippen molar-refractivity contribution in [3.8, 4) is 0 Å². The molecule has 1 aromatic rings. The molecule has 114 valence electrons. The largest absolute Gasteiger partial charge is 0.340 e. The number of piperazine rings is 1. The van der Waals surface area contributed by atoms with Gasteiger partial charge in [-0.05, 0) is 19.4 Å². The van der Waals surface area contributed by atoms with Crippen LogP contribution in [-0.2, 0) is 4.79 Å². The second-order valence-corrected chi connectivity index (χ2v) is 5.86. The summed E-state index contributed by atoms with van der Waals surface area (Å²) in [5.41, 5.74) is 1.23. The van der Waals surface area contributed by atoms with Gasteiger partial charge in [0, 0.05) is 38.1 Å². The predicted octanol–water partition coefficient (Wildman–Crippen LogP) is 3.03. The number of benzene rings is 1. The van der Waals surface area contributed by atoms with Crippen LogP contribution in [0.3, 0.4) is 0 Å². The van der Waals surface area contributed by atoms with Gasteiger partial charge in [-0.15, -0.1) is 0 Å². The zero-order chi connectivity index (χ0) is 15.2. The van der Waals surface area contributed by atoms with Crippen molar-refractivity contribution in [1.82, 2.24) is 9.80 Å². The average molecular weight is 286 g/mol. The Morgan fingerprint density at radius 1 is 1.19 bits per heavy atom. The highest BCUT2D eigenvalue weighted by Crippen LogP contribution is 2.16. The molecule has 0 aliphatic carbocycles. The van der Waals surface area contributed by atoms with Crippen molar-refractivity contribution in [2.24, 2.45) is 0 Å². The van der Waals surface area contributed by atoms with Crippen molar-refractivity contribution in [3.63, 3.8) is 0 Å². The van der Waals surface area contributed by atoms with Crippen molar-refractivity contribution in [1.29, 1.82) is 0 Å². The number of amides is 1. The fourth-order valence-electron chi connectivity index (χ4n) is 3.02. The molecule has 1 amide bonds. The Bertz CT molecular complexity index is 471. The van der Waals surface area contributed by atoms with Crippen LogP contribution in [0.4, 0.5) is 0 Å². The molecule has 1 aliphatic rings. The topological polar surface area (TPSA) is 23.6 Å². The molecule has 3 nitrogen and oxygen atoms in total. The zero-order valence-electron chi connectivity index (χ0n) is 13.3. The summed E-state index contributed by atoms with van der Waals surface area (Å²) in [5, 5.41) is 0. The molecule has 3 heteroatoms. The minimum absolute atomic E-state index is 0.271. The Hall–Kier alpha value is -1.61. The lowest BCUT2D eigenvalue weighted by Crippen LogP contribution is -2.57. The first-order valence-electron chi connectivity index (χ1n) is 7.87. The Morgan fingerprint density at radius 3 is 2.38 bits per heavy atom. The maximum absolute atomic E-state index is 11.9. The van der Waals surface area contributed by atoms with Crippen LogP contribution in [-0.4, -0.2) is 47.4 Å². The fraction of sp³-hybridized carbons (Fsp3) is 0.500. The van der Waals surface area contributed by atoms with E-state index in [0.29, 0.717) is 18.5 Å². The van der Waals surface area contributed by atoms with E-state index >= 15 is 0 Å². The summed E-state index contributed by atoms with van der Waals surface area (Å²) >= 11 is 0. The first kappa shape index (κ1) is 15.8. The molecule has 2 atom stereocenters. The third kappa shape index (κ3) is 4.18. The van der Waals surface area contributed by atoms with Crippen molar-refractivity contribution in [2.75, 3.05) is 19.6 Å². The lowest BCUT2D eigenvalue weighted by Gasteiger charge is -2.44. The molecule has 0 radical (unpaired) electrons. The summed E-state index contributed by atoms with van der Waals surface area (Å²) in [6.07, 6.45) is 5.00. The minimum atomic E-state index is 0.271. The van der Waals surface area contributed by atoms with Crippen LogP contribution in [0, 0.1) is 0 Å². The van der Waals surface area contributed by atoms with Gasteiger partial charge in [0.2, 0.25) is 5.91 Å². The second kappa shape index (κ2) is 7.41. The van der Waals surface area contributed by atoms with Gasteiger partial charge in [-0.25, -0.2) is 0 Å². The average Bonchev–Trinajstić information content (AvgIpc) is 2.50. The van der Waals surface area contributed by atoms with Gasteiger partial charge in [0.15, 0.2) is 0 Å². The molecule has 1 fully saturated rings. The van der Waals surface area contributed by atoms with E-state index in [1.165, 1.54) is 5.56 Å². The number of carbonyl (C=O) groups excluding carboxylic acids is 1. The van der Waals surface area contributed by atoms with E-state index in [4.69, 9.17) is 0 Å². The Kier molecular flexibility index (Phi) is 5.57. The van der Waals surface area contributed by atoms with E-state index in [1.807, 2.05) is 17.9 Å². The molecule has 1 saturated heterocycles. The summed E-state index contributed by atoms with van der Waals surface area (Å²) in [5.74, 6) is 0.271. The van der Waals surface area contributed by atoms with Crippen LogP contribution >= 0.6 is 0 Å². The third-order valence-corrected chi connectivity index (χ3v) is 4.18. The molecule has 0 unspecified atom stereocenters. The van der Waals surface area contributed by atoms with Gasteiger partial charge in [0.25, 0.3) is 0 Å². The van der Waals surface area contributed by atoms with E-state index in [9.17, 15) is 4.79 Å². The van der Waals surface area contributed by atoms with Crippen molar-refractivity contribution >= 4 is 12.0 Å². The smallest absolute Gasteiger partial charge is 0.222 e. The minimum Gasteiger partial charge on any atom is -0.340 e. The summed E-state index contributed by atoms with van der Waals surface area (Å²) in [6, 6.07) is 11.2. The fourth-order valence-corrected chi connectivity index (χ4v) is 3.02. The van der Waals surface area contributed by atoms with E-state index in [1.54, 1.807) is 0 Å². The van der Waals surface area contributed by atoms with E-state index in [2.05, 4.69) is 55.2 Å². The van der Waals surface area contributed by atoms with Crippen molar-refractivity contribution in [3.05, 3.63) is 42.0 Å². The van der Waals surface area contributed by atoms with Gasteiger partial charge >= 0.3 is 0 Å². The summed E-state index contributed by atoms with van der Waals surface area (Å²) < 4.78 is 0. The molecular weight excluding hydrogens is 260 g/mol. The SMILES string of the molecule is CCC(=O)N1C[C@H](C)N(C/C=C/c2ccccc2)[C@@H](C)C1. The maximum atomic E-state index is 11.9. The van der Waals surface area contributed by atoms with Crippen LogP contribution in [0.2, 0.25) is 0 Å². The highest BCUT2D eigenvalue weighted by atomic mass is 16.2. The molecule has 1 heterocycles. The molecule has 21 heavy (non-hydrogen) atoms. The third-order valence-electron chi connectivity index (χ3n) is 4.18. The van der Waals surface area contributed by atoms with E-state index in [0.717, 1.165) is 19.6 Å². The van der Waals surface area contributed by atoms with E-state index < -0.39 is 0 Å². The van der Waals surface area contributed by atoms with Gasteiger partial charge in [-0.3, -0.25) is 9.69 Å². The quantitative estimate of drug-likeness (QED) is 0.849. The Morgan fingerprint density at radius 2 is 1.81 bits per heavy atom. The van der Waals surface area contributed by atoms with Crippen molar-refractivity contribution < 1.29 is 4.79 Å². The zero-order valence-corrected chi connectivity index (χ0v) is 13.3. The lowest BCUT2D eigenvalue weighted by atomic mass is 10.1. The number of carbonyl (C=O) groups is 1. The molecule has 0 N–H and O–H groups in total. The molecule has 1 aromatic carbocycles. The number of rotatable bonds is 4. The summed E-state index contributed by atoms with van der Waals surface area (Å²) in [4.78, 5) is 16.3. The highest BCUT2D eigenvalue weighted by molar-refractivity contribution is 5.76. The van der Waals surface area contributed by atoms with Crippen LogP contribution in [0.5, 0.6) is 0 Å². The molecule has 0 bridgehead atoms. The molecule has 0 aromatic heterocycles. The normalized spacial score (nSPS) is 23.7. The molecule has 2 rings (SSSR count). The Balaban J connectivity index is 1.92. The van der Waals surface area contributed by atoms with Gasteiger partial charge in [0.05, 0.1) is 0 Å². The standard InChI is InChI=1S/C18H26N2O/c1-4-18(21)19-13-15(2)20(16(3)14-19)12-8-11-17-9-6-5-7-10-17/h5-11,15-16H,4,12-14H2,1-3H3/b11-8+/t15-,16-/m0/s1. The molecule has 1 aliphatic heterocycles. The van der Waals surface area contributed by atoms with Crippen LogP contribution in [0.1, 0.15) is 32.8 Å². The lowest BCUT2D eigenvalue weighted by molar-refractivity contribution is -0.135. The molecular formula is C18H26N2O. The second-order valence-electron chi connectivity index (χ2n) is 5.86. The van der Waals surface area contributed by atoms with Gasteiger partial charge in [-0.2, -0.15) is 0 Å². The molecule has 0 spiro atoms. The van der Waals surface area contributed by atoms with Gasteiger partial charge in [0.1, 0.15) is 0 Å². The Labute approximate surface area is 128 Å². The highest BCUT2D eigenvalue weighted by Gasteiger charge is 2.30. The number of nitrogens with zero attached hydrogens (tertiary/aromatic N) is 2. The first-order chi connectivity index (χ1) is 10.1. The monoisotopic (exact) mass is 286 g/mol. The van der Waals surface area contributed by atoms with Gasteiger partial charge in [-0.1, -0.05) is 49.4 Å². The summed E-state index contributed by atoms with van der Waals surface area (Å²) in [7, 11) is 0. The van der Waals surface area contributed by atoms with E-state index in [-0.39, 0.29) is 5.91 Å². The summed E-state index contributed by atoms with van der Waals surface area (Å²) in [6.45, 7) is 8.98. The van der Waals surface area contributed by atoms with Crippen LogP contribution in [0.25, 0.3) is 6.08 Å². The van der Waals surface area contributed by atoms with Gasteiger partial charge < -0.3 is 4.90 Å². The predicted molar refractivity (Wildman–Crippen MR) is 88.0 cm³/mol. The van der Waals surface area contributed by atoms with Crippen LogP contribution < -0.4 is 0 Å². The van der Waals surface area contributed by atoms with Crippen molar-refractivity contribution in [2.45, 2.75) is 39.3 Å². The number of hydrogen-bond acceptors (Lipinski definition) is 2. The number of hydrogen-bond donors (Lipinski definition) is 0.